The Bertz CT molecular complexity index is 653. The van der Waals surface area contributed by atoms with E-state index < -0.39 is 4.92 Å². The number of carbonyl (C=O) groups excluding carboxylic acids is 1. The fourth-order valence-electron chi connectivity index (χ4n) is 3.46. The molecule has 1 aliphatic heterocycles. The Kier molecular flexibility index (Phi) is 6.42. The Morgan fingerprint density at radius 3 is 2.52 bits per heavy atom. The van der Waals surface area contributed by atoms with Crippen molar-refractivity contribution < 1.29 is 9.72 Å². The summed E-state index contributed by atoms with van der Waals surface area (Å²) < 4.78 is 0.707. The van der Waals surface area contributed by atoms with Gasteiger partial charge in [-0.05, 0) is 60.8 Å². The van der Waals surface area contributed by atoms with E-state index in [2.05, 4.69) is 37.9 Å². The predicted octanol–water partition coefficient (Wildman–Crippen LogP) is 3.69. The van der Waals surface area contributed by atoms with Gasteiger partial charge >= 0.3 is 0 Å². The summed E-state index contributed by atoms with van der Waals surface area (Å²) in [5, 5.41) is 13.9. The van der Waals surface area contributed by atoms with Crippen LogP contribution in [0, 0.1) is 25.5 Å². The number of halogens is 1. The standard InChI is InChI=1S/C18H26IN3O3/c1-12-7-13(2)10-21(9-12)18(3,4)11-20-17(23)15-8-14(22(24)25)5-6-16(15)19/h5-6,8,12-13H,7,9-11H2,1-4H3,(H,20,23). The molecule has 1 saturated heterocycles. The van der Waals surface area contributed by atoms with Gasteiger partial charge in [-0.2, -0.15) is 0 Å². The molecule has 2 atom stereocenters. The number of amides is 1. The van der Waals surface area contributed by atoms with Gasteiger partial charge in [0.1, 0.15) is 0 Å². The van der Waals surface area contributed by atoms with Gasteiger partial charge in [-0.15, -0.1) is 0 Å². The van der Waals surface area contributed by atoms with Crippen LogP contribution in [-0.2, 0) is 0 Å². The third kappa shape index (κ3) is 5.13. The Hall–Kier alpha value is -1.22. The van der Waals surface area contributed by atoms with Crippen LogP contribution in [-0.4, -0.2) is 40.9 Å². The van der Waals surface area contributed by atoms with E-state index in [-0.39, 0.29) is 17.1 Å². The second-order valence-corrected chi connectivity index (χ2v) is 8.93. The predicted molar refractivity (Wildman–Crippen MR) is 107 cm³/mol. The Labute approximate surface area is 162 Å². The number of carbonyl (C=O) groups is 1. The normalized spacial score (nSPS) is 21.8. The van der Waals surface area contributed by atoms with Crippen molar-refractivity contribution in [3.63, 3.8) is 0 Å². The van der Waals surface area contributed by atoms with Crippen molar-refractivity contribution in [3.05, 3.63) is 37.4 Å². The summed E-state index contributed by atoms with van der Waals surface area (Å²) >= 11 is 2.03. The second-order valence-electron chi connectivity index (χ2n) is 7.77. The maximum Gasteiger partial charge on any atom is 0.270 e. The molecule has 0 radical (unpaired) electrons. The minimum absolute atomic E-state index is 0.0662. The highest BCUT2D eigenvalue weighted by molar-refractivity contribution is 14.1. The van der Waals surface area contributed by atoms with Crippen LogP contribution < -0.4 is 5.32 Å². The summed E-state index contributed by atoms with van der Waals surface area (Å²) in [4.78, 5) is 25.4. The fraction of sp³-hybridized carbons (Fsp3) is 0.611. The number of nitro benzene ring substituents is 1. The van der Waals surface area contributed by atoms with Gasteiger partial charge < -0.3 is 5.32 Å². The molecule has 0 bridgehead atoms. The molecule has 2 unspecified atom stereocenters. The van der Waals surface area contributed by atoms with Crippen LogP contribution in [0.5, 0.6) is 0 Å². The number of rotatable bonds is 5. The number of hydrogen-bond acceptors (Lipinski definition) is 4. The molecular weight excluding hydrogens is 433 g/mol. The van der Waals surface area contributed by atoms with E-state index in [9.17, 15) is 14.9 Å². The van der Waals surface area contributed by atoms with Crippen LogP contribution in [0.25, 0.3) is 0 Å². The highest BCUT2D eigenvalue weighted by Crippen LogP contribution is 2.27. The highest BCUT2D eigenvalue weighted by Gasteiger charge is 2.33. The molecule has 7 heteroatoms. The van der Waals surface area contributed by atoms with Gasteiger partial charge in [-0.1, -0.05) is 13.8 Å². The van der Waals surface area contributed by atoms with Crippen LogP contribution in [0.4, 0.5) is 5.69 Å². The summed E-state index contributed by atoms with van der Waals surface area (Å²) in [6.07, 6.45) is 1.24. The number of nitro groups is 1. The van der Waals surface area contributed by atoms with E-state index in [1.807, 2.05) is 22.6 Å². The molecule has 0 spiro atoms. The lowest BCUT2D eigenvalue weighted by Crippen LogP contribution is -2.56. The van der Waals surface area contributed by atoms with Crippen molar-refractivity contribution in [1.29, 1.82) is 0 Å². The molecule has 25 heavy (non-hydrogen) atoms. The molecule has 0 saturated carbocycles. The quantitative estimate of drug-likeness (QED) is 0.414. The highest BCUT2D eigenvalue weighted by atomic mass is 127. The zero-order chi connectivity index (χ0) is 18.8. The number of piperidine rings is 1. The number of benzene rings is 1. The largest absolute Gasteiger partial charge is 0.350 e. The first-order valence-electron chi connectivity index (χ1n) is 8.57. The third-order valence-electron chi connectivity index (χ3n) is 4.81. The van der Waals surface area contributed by atoms with E-state index in [0.717, 1.165) is 13.1 Å². The molecule has 1 fully saturated rings. The van der Waals surface area contributed by atoms with Crippen LogP contribution >= 0.6 is 22.6 Å². The van der Waals surface area contributed by atoms with Gasteiger partial charge in [0.15, 0.2) is 0 Å². The minimum Gasteiger partial charge on any atom is -0.350 e. The summed E-state index contributed by atoms with van der Waals surface area (Å²) in [6.45, 7) is 11.4. The first kappa shape index (κ1) is 20.1. The zero-order valence-electron chi connectivity index (χ0n) is 15.2. The summed E-state index contributed by atoms with van der Waals surface area (Å²) in [7, 11) is 0. The maximum absolute atomic E-state index is 12.5. The number of non-ortho nitro benzene ring substituents is 1. The Morgan fingerprint density at radius 1 is 1.36 bits per heavy atom. The SMILES string of the molecule is CC1CC(C)CN(C(C)(C)CNC(=O)c2cc([N+](=O)[O-])ccc2I)C1. The zero-order valence-corrected chi connectivity index (χ0v) is 17.4. The molecular formula is C18H26IN3O3. The molecule has 2 rings (SSSR count). The van der Waals surface area contributed by atoms with Crippen molar-refractivity contribution in [2.75, 3.05) is 19.6 Å². The summed E-state index contributed by atoms with van der Waals surface area (Å²) in [5.74, 6) is 1.03. The second kappa shape index (κ2) is 7.99. The average molecular weight is 459 g/mol. The number of nitrogens with one attached hydrogen (secondary N) is 1. The topological polar surface area (TPSA) is 75.5 Å². The molecule has 138 valence electrons. The van der Waals surface area contributed by atoms with Crippen LogP contribution in [0.3, 0.4) is 0 Å². The average Bonchev–Trinajstić information content (AvgIpc) is 2.52. The Balaban J connectivity index is 2.06. The van der Waals surface area contributed by atoms with Gasteiger partial charge in [0.05, 0.1) is 10.5 Å². The number of hydrogen-bond donors (Lipinski definition) is 1. The van der Waals surface area contributed by atoms with Crippen molar-refractivity contribution in [2.45, 2.75) is 39.7 Å². The molecule has 1 aromatic carbocycles. The molecule has 0 aliphatic carbocycles. The molecule has 1 heterocycles. The Morgan fingerprint density at radius 2 is 1.96 bits per heavy atom. The van der Waals surface area contributed by atoms with Crippen molar-refractivity contribution in [2.24, 2.45) is 11.8 Å². The van der Waals surface area contributed by atoms with E-state index in [1.54, 1.807) is 6.07 Å². The lowest BCUT2D eigenvalue weighted by Gasteiger charge is -2.45. The lowest BCUT2D eigenvalue weighted by molar-refractivity contribution is -0.384. The number of nitrogens with zero attached hydrogens (tertiary/aromatic N) is 2. The maximum atomic E-state index is 12.5. The monoisotopic (exact) mass is 459 g/mol. The van der Waals surface area contributed by atoms with Crippen molar-refractivity contribution in [1.82, 2.24) is 10.2 Å². The molecule has 1 N–H and O–H groups in total. The molecule has 1 aliphatic rings. The number of likely N-dealkylation sites (tertiary alicyclic amines) is 1. The first-order chi connectivity index (χ1) is 11.6. The molecule has 6 nitrogen and oxygen atoms in total. The van der Waals surface area contributed by atoms with E-state index in [0.29, 0.717) is 27.5 Å². The van der Waals surface area contributed by atoms with Gasteiger partial charge in [0.25, 0.3) is 11.6 Å². The minimum atomic E-state index is -0.479. The van der Waals surface area contributed by atoms with Crippen molar-refractivity contribution >= 4 is 34.2 Å². The van der Waals surface area contributed by atoms with E-state index >= 15 is 0 Å². The van der Waals surface area contributed by atoms with Crippen LogP contribution in [0.15, 0.2) is 18.2 Å². The first-order valence-corrected chi connectivity index (χ1v) is 9.65. The summed E-state index contributed by atoms with van der Waals surface area (Å²) in [5.41, 5.74) is 0.125. The van der Waals surface area contributed by atoms with Gasteiger partial charge in [0, 0.05) is 40.9 Å². The smallest absolute Gasteiger partial charge is 0.270 e. The summed E-state index contributed by atoms with van der Waals surface area (Å²) in [6, 6.07) is 4.36. The van der Waals surface area contributed by atoms with E-state index in [4.69, 9.17) is 0 Å². The van der Waals surface area contributed by atoms with Gasteiger partial charge in [-0.25, -0.2) is 0 Å². The van der Waals surface area contributed by atoms with Crippen LogP contribution in [0.2, 0.25) is 0 Å². The third-order valence-corrected chi connectivity index (χ3v) is 5.75. The van der Waals surface area contributed by atoms with Crippen molar-refractivity contribution in [3.8, 4) is 0 Å². The van der Waals surface area contributed by atoms with Gasteiger partial charge in [0.2, 0.25) is 0 Å². The molecule has 1 amide bonds. The lowest BCUT2D eigenvalue weighted by atomic mass is 9.88. The van der Waals surface area contributed by atoms with Crippen LogP contribution in [0.1, 0.15) is 44.5 Å². The fourth-order valence-corrected chi connectivity index (χ4v) is 4.04. The van der Waals surface area contributed by atoms with Gasteiger partial charge in [-0.3, -0.25) is 19.8 Å². The molecule has 1 aromatic rings. The van der Waals surface area contributed by atoms with E-state index in [1.165, 1.54) is 18.6 Å². The molecule has 0 aromatic heterocycles.